The Morgan fingerprint density at radius 2 is 1.75 bits per heavy atom. The highest BCUT2D eigenvalue weighted by molar-refractivity contribution is 6.88. The van der Waals surface area contributed by atoms with Gasteiger partial charge in [0.25, 0.3) is 0 Å². The lowest BCUT2D eigenvalue weighted by Crippen LogP contribution is -2.38. The fourth-order valence-electron chi connectivity index (χ4n) is 2.27. The average molecular weight is 294 g/mol. The lowest BCUT2D eigenvalue weighted by Gasteiger charge is -2.28. The Morgan fingerprint density at radius 1 is 1.15 bits per heavy atom. The zero-order valence-electron chi connectivity index (χ0n) is 14.1. The van der Waals surface area contributed by atoms with Crippen molar-refractivity contribution in [1.82, 2.24) is 4.90 Å². The molecule has 0 aliphatic heterocycles. The topological polar surface area (TPSA) is 12.5 Å². The molecule has 2 nitrogen and oxygen atoms in total. The largest absolute Gasteiger partial charge is 0.383 e. The Labute approximate surface area is 126 Å². The first kappa shape index (κ1) is 17.4. The molecule has 114 valence electrons. The lowest BCUT2D eigenvalue weighted by atomic mass is 10.1. The van der Waals surface area contributed by atoms with E-state index in [-0.39, 0.29) is 0 Å². The number of benzene rings is 1. The van der Waals surface area contributed by atoms with Crippen molar-refractivity contribution in [2.75, 3.05) is 20.3 Å². The van der Waals surface area contributed by atoms with Gasteiger partial charge in [0.05, 0.1) is 14.7 Å². The monoisotopic (exact) mass is 293 g/mol. The minimum atomic E-state index is -1.18. The summed E-state index contributed by atoms with van der Waals surface area (Å²) in [6.45, 7) is 14.6. The zero-order valence-corrected chi connectivity index (χ0v) is 15.1. The highest BCUT2D eigenvalue weighted by Gasteiger charge is 2.16. The molecule has 0 spiro atoms. The van der Waals surface area contributed by atoms with Gasteiger partial charge >= 0.3 is 0 Å². The number of methoxy groups -OCH3 is 1. The molecule has 0 radical (unpaired) electrons. The van der Waals surface area contributed by atoms with Crippen molar-refractivity contribution in [2.45, 2.75) is 52.5 Å². The van der Waals surface area contributed by atoms with Crippen LogP contribution in [0.2, 0.25) is 19.6 Å². The third-order valence-electron chi connectivity index (χ3n) is 4.00. The average Bonchev–Trinajstić information content (AvgIpc) is 2.42. The van der Waals surface area contributed by atoms with Crippen molar-refractivity contribution in [2.24, 2.45) is 0 Å². The standard InChI is InChI=1S/C17H31NOSi/c1-7-15(2)18(12-13-19-3)14-16-8-10-17(11-9-16)20(4,5)6/h8-11,15H,7,12-14H2,1-6H3. The molecule has 0 fully saturated rings. The second-order valence-electron chi connectivity index (χ2n) is 6.67. The molecule has 0 saturated carbocycles. The molecule has 0 aromatic heterocycles. The van der Waals surface area contributed by atoms with Crippen molar-refractivity contribution in [3.8, 4) is 0 Å². The van der Waals surface area contributed by atoms with Crippen LogP contribution < -0.4 is 5.19 Å². The number of rotatable bonds is 8. The molecule has 0 saturated heterocycles. The van der Waals surface area contributed by atoms with E-state index in [4.69, 9.17) is 4.74 Å². The summed E-state index contributed by atoms with van der Waals surface area (Å²) in [7, 11) is 0.596. The Morgan fingerprint density at radius 3 is 2.20 bits per heavy atom. The molecule has 0 N–H and O–H groups in total. The number of hydrogen-bond acceptors (Lipinski definition) is 2. The van der Waals surface area contributed by atoms with Crippen LogP contribution in [-0.2, 0) is 11.3 Å². The molecule has 0 aliphatic rings. The van der Waals surface area contributed by atoms with Crippen LogP contribution in [0.25, 0.3) is 0 Å². The Balaban J connectivity index is 2.73. The van der Waals surface area contributed by atoms with Crippen molar-refractivity contribution in [3.63, 3.8) is 0 Å². The molecule has 1 aromatic carbocycles. The summed E-state index contributed by atoms with van der Waals surface area (Å²) in [4.78, 5) is 2.51. The maximum Gasteiger partial charge on any atom is 0.0775 e. The molecule has 1 rings (SSSR count). The van der Waals surface area contributed by atoms with Crippen LogP contribution in [0.15, 0.2) is 24.3 Å². The van der Waals surface area contributed by atoms with Gasteiger partial charge in [-0.25, -0.2) is 0 Å². The predicted octanol–water partition coefficient (Wildman–Crippen LogP) is 3.48. The predicted molar refractivity (Wildman–Crippen MR) is 91.5 cm³/mol. The van der Waals surface area contributed by atoms with Gasteiger partial charge in [0.1, 0.15) is 0 Å². The van der Waals surface area contributed by atoms with E-state index in [0.717, 1.165) is 19.7 Å². The molecule has 1 unspecified atom stereocenters. The Kier molecular flexibility index (Phi) is 6.93. The summed E-state index contributed by atoms with van der Waals surface area (Å²) in [5.41, 5.74) is 1.41. The van der Waals surface area contributed by atoms with Gasteiger partial charge in [-0.2, -0.15) is 0 Å². The lowest BCUT2D eigenvalue weighted by molar-refractivity contribution is 0.118. The summed E-state index contributed by atoms with van der Waals surface area (Å²) >= 11 is 0. The molecule has 1 atom stereocenters. The second kappa shape index (κ2) is 7.96. The van der Waals surface area contributed by atoms with E-state index in [9.17, 15) is 0 Å². The van der Waals surface area contributed by atoms with Crippen LogP contribution in [-0.4, -0.2) is 39.3 Å². The Bertz CT molecular complexity index is 383. The van der Waals surface area contributed by atoms with Crippen LogP contribution in [0.5, 0.6) is 0 Å². The molecule has 0 amide bonds. The molecular formula is C17H31NOSi. The molecule has 20 heavy (non-hydrogen) atoms. The van der Waals surface area contributed by atoms with Gasteiger partial charge < -0.3 is 4.74 Å². The van der Waals surface area contributed by atoms with E-state index >= 15 is 0 Å². The number of ether oxygens (including phenoxy) is 1. The third-order valence-corrected chi connectivity index (χ3v) is 6.07. The van der Waals surface area contributed by atoms with E-state index in [0.29, 0.717) is 6.04 Å². The van der Waals surface area contributed by atoms with Crippen LogP contribution in [0.3, 0.4) is 0 Å². The van der Waals surface area contributed by atoms with E-state index in [2.05, 4.69) is 62.7 Å². The minimum absolute atomic E-state index is 0.599. The number of nitrogens with zero attached hydrogens (tertiary/aromatic N) is 1. The summed E-state index contributed by atoms with van der Waals surface area (Å²) in [6, 6.07) is 9.85. The first-order valence-corrected chi connectivity index (χ1v) is 11.2. The van der Waals surface area contributed by atoms with Gasteiger partial charge in [-0.3, -0.25) is 4.90 Å². The van der Waals surface area contributed by atoms with Gasteiger partial charge in [0.15, 0.2) is 0 Å². The third kappa shape index (κ3) is 5.39. The van der Waals surface area contributed by atoms with E-state index in [1.54, 1.807) is 7.11 Å². The fourth-order valence-corrected chi connectivity index (χ4v) is 3.43. The molecular weight excluding hydrogens is 262 g/mol. The highest BCUT2D eigenvalue weighted by atomic mass is 28.3. The van der Waals surface area contributed by atoms with Crippen molar-refractivity contribution in [1.29, 1.82) is 0 Å². The normalized spacial score (nSPS) is 13.8. The SMILES string of the molecule is CCC(C)N(CCOC)Cc1ccc([Si](C)(C)C)cc1. The molecule has 0 aliphatic carbocycles. The Hall–Kier alpha value is -0.643. The second-order valence-corrected chi connectivity index (χ2v) is 11.7. The summed E-state index contributed by atoms with van der Waals surface area (Å²) in [6.07, 6.45) is 1.18. The van der Waals surface area contributed by atoms with Gasteiger partial charge in [-0.15, -0.1) is 0 Å². The van der Waals surface area contributed by atoms with Crippen LogP contribution in [0.4, 0.5) is 0 Å². The molecule has 0 bridgehead atoms. The highest BCUT2D eigenvalue weighted by Crippen LogP contribution is 2.11. The van der Waals surface area contributed by atoms with Crippen molar-refractivity contribution < 1.29 is 4.74 Å². The van der Waals surface area contributed by atoms with Crippen LogP contribution in [0, 0.1) is 0 Å². The maximum absolute atomic E-state index is 5.23. The van der Waals surface area contributed by atoms with Crippen molar-refractivity contribution in [3.05, 3.63) is 29.8 Å². The van der Waals surface area contributed by atoms with E-state index in [1.807, 2.05) is 0 Å². The minimum Gasteiger partial charge on any atom is -0.383 e. The van der Waals surface area contributed by atoms with E-state index < -0.39 is 8.07 Å². The molecule has 1 aromatic rings. The fraction of sp³-hybridized carbons (Fsp3) is 0.647. The first-order valence-electron chi connectivity index (χ1n) is 7.71. The summed E-state index contributed by atoms with van der Waals surface area (Å²) in [5, 5.41) is 1.54. The van der Waals surface area contributed by atoms with Crippen molar-refractivity contribution >= 4 is 13.3 Å². The van der Waals surface area contributed by atoms with Crippen LogP contribution >= 0.6 is 0 Å². The quantitative estimate of drug-likeness (QED) is 0.680. The zero-order chi connectivity index (χ0) is 15.2. The van der Waals surface area contributed by atoms with Crippen LogP contribution in [0.1, 0.15) is 25.8 Å². The summed E-state index contributed by atoms with van der Waals surface area (Å²) in [5.74, 6) is 0. The van der Waals surface area contributed by atoms with Gasteiger partial charge in [-0.05, 0) is 18.9 Å². The smallest absolute Gasteiger partial charge is 0.0775 e. The number of hydrogen-bond donors (Lipinski definition) is 0. The van der Waals surface area contributed by atoms with E-state index in [1.165, 1.54) is 17.2 Å². The van der Waals surface area contributed by atoms with Gasteiger partial charge in [-0.1, -0.05) is 56.0 Å². The summed E-state index contributed by atoms with van der Waals surface area (Å²) < 4.78 is 5.23. The maximum atomic E-state index is 5.23. The first-order chi connectivity index (χ1) is 9.38. The molecule has 3 heteroatoms. The van der Waals surface area contributed by atoms with Gasteiger partial charge in [0.2, 0.25) is 0 Å². The molecule has 0 heterocycles. The van der Waals surface area contributed by atoms with Gasteiger partial charge in [0, 0.05) is 26.2 Å².